The highest BCUT2D eigenvalue weighted by atomic mass is 32.2. The summed E-state index contributed by atoms with van der Waals surface area (Å²) in [5, 5.41) is 0. The molecule has 1 aromatic carbocycles. The molecule has 3 nitrogen and oxygen atoms in total. The third-order valence-electron chi connectivity index (χ3n) is 4.97. The van der Waals surface area contributed by atoms with Gasteiger partial charge in [0, 0.05) is 13.9 Å². The van der Waals surface area contributed by atoms with Gasteiger partial charge in [-0.2, -0.15) is 0 Å². The fraction of sp³-hybridized carbons (Fsp3) is 0.750. The van der Waals surface area contributed by atoms with Crippen molar-refractivity contribution in [1.29, 1.82) is 0 Å². The second kappa shape index (κ2) is 14.5. The molecule has 0 unspecified atom stereocenters. The van der Waals surface area contributed by atoms with Crippen molar-refractivity contribution < 1.29 is 13.0 Å². The van der Waals surface area contributed by atoms with Crippen molar-refractivity contribution in [3.63, 3.8) is 0 Å². The van der Waals surface area contributed by atoms with Gasteiger partial charge < -0.3 is 4.55 Å². The lowest BCUT2D eigenvalue weighted by Gasteiger charge is -2.27. The van der Waals surface area contributed by atoms with Crippen molar-refractivity contribution in [2.75, 3.05) is 25.2 Å². The van der Waals surface area contributed by atoms with E-state index in [-0.39, 0.29) is 4.90 Å². The average Bonchev–Trinajstić information content (AvgIpc) is 2.56. The Morgan fingerprint density at radius 1 is 0.862 bits per heavy atom. The number of hydrogen-bond acceptors (Lipinski definition) is 3. The van der Waals surface area contributed by atoms with Gasteiger partial charge in [-0.05, 0) is 43.7 Å². The van der Waals surface area contributed by atoms with Gasteiger partial charge in [-0.3, -0.25) is 0 Å². The Kier molecular flexibility index (Phi) is 14.3. The molecule has 0 aliphatic heterocycles. The Hall–Kier alpha value is -0.440. The predicted molar refractivity (Wildman–Crippen MR) is 130 cm³/mol. The number of aryl methyl sites for hydroxylation is 1. The standard InChI is InChI=1S/C17H38P.C7H8O3S/c1-7-8-9-10-11-12-13-18(6,14-16(2)3)15-17(4)5;1-6-2-4-7(5-3-6)11(8,9)10/h16-17H,7-15H2,1-6H3;2-5H,1H3,(H,8,9,10)/q+1;/p-1. The molecule has 1 rings (SSSR count). The first-order chi connectivity index (χ1) is 13.4. The predicted octanol–water partition coefficient (Wildman–Crippen LogP) is 7.21. The Labute approximate surface area is 182 Å². The third kappa shape index (κ3) is 15.1. The lowest BCUT2D eigenvalue weighted by atomic mass is 10.1. The quantitative estimate of drug-likeness (QED) is 0.194. The average molecular weight is 445 g/mol. The summed E-state index contributed by atoms with van der Waals surface area (Å²) in [5.74, 6) is 1.78. The number of rotatable bonds is 12. The van der Waals surface area contributed by atoms with E-state index in [1.165, 1.54) is 63.0 Å². The highest BCUT2D eigenvalue weighted by Gasteiger charge is 2.32. The molecule has 0 saturated heterocycles. The number of unbranched alkanes of at least 4 members (excludes halogenated alkanes) is 5. The number of hydrogen-bond donors (Lipinski definition) is 0. The Bertz CT molecular complexity index is 627. The summed E-state index contributed by atoms with van der Waals surface area (Å²) < 4.78 is 31.2. The zero-order valence-electron chi connectivity index (χ0n) is 19.9. The summed E-state index contributed by atoms with van der Waals surface area (Å²) in [6.07, 6.45) is 13.3. The first-order valence-corrected chi connectivity index (χ1v) is 15.5. The molecule has 0 aromatic heterocycles. The van der Waals surface area contributed by atoms with Crippen LogP contribution < -0.4 is 0 Å². The maximum Gasteiger partial charge on any atom is 0.124 e. The molecule has 0 N–H and O–H groups in total. The molecular weight excluding hydrogens is 399 g/mol. The molecule has 0 radical (unpaired) electrons. The van der Waals surface area contributed by atoms with Gasteiger partial charge in [0.25, 0.3) is 0 Å². The van der Waals surface area contributed by atoms with E-state index < -0.39 is 17.4 Å². The van der Waals surface area contributed by atoms with E-state index in [0.717, 1.165) is 17.4 Å². The second-order valence-corrected chi connectivity index (χ2v) is 15.3. The summed E-state index contributed by atoms with van der Waals surface area (Å²) in [5.41, 5.74) is 0.928. The van der Waals surface area contributed by atoms with Crippen molar-refractivity contribution in [3.05, 3.63) is 29.8 Å². The van der Waals surface area contributed by atoms with Crippen LogP contribution in [0.15, 0.2) is 29.2 Å². The zero-order chi connectivity index (χ0) is 22.5. The lowest BCUT2D eigenvalue weighted by molar-refractivity contribution is 0.463. The smallest absolute Gasteiger partial charge is 0.124 e. The largest absolute Gasteiger partial charge is 0.744 e. The van der Waals surface area contributed by atoms with Crippen LogP contribution in [0.3, 0.4) is 0 Å². The van der Waals surface area contributed by atoms with Crippen LogP contribution in [0.25, 0.3) is 0 Å². The SMILES string of the molecule is CCCCCCCC[P+](C)(CC(C)C)CC(C)C.Cc1ccc(S(=O)(=O)[O-])cc1. The third-order valence-corrected chi connectivity index (χ3v) is 10.4. The van der Waals surface area contributed by atoms with Gasteiger partial charge in [0.2, 0.25) is 0 Å². The van der Waals surface area contributed by atoms with Crippen LogP contribution in [-0.2, 0) is 10.1 Å². The molecular formula is C24H45O3PS. The van der Waals surface area contributed by atoms with E-state index in [9.17, 15) is 13.0 Å². The molecule has 0 spiro atoms. The number of benzene rings is 1. The highest BCUT2D eigenvalue weighted by Crippen LogP contribution is 2.58. The van der Waals surface area contributed by atoms with Crippen molar-refractivity contribution in [1.82, 2.24) is 0 Å². The summed E-state index contributed by atoms with van der Waals surface area (Å²) in [6.45, 7) is 16.4. The van der Waals surface area contributed by atoms with Crippen molar-refractivity contribution in [3.8, 4) is 0 Å². The molecule has 0 aliphatic rings. The van der Waals surface area contributed by atoms with Gasteiger partial charge in [0.15, 0.2) is 0 Å². The van der Waals surface area contributed by atoms with E-state index in [1.54, 1.807) is 18.3 Å². The van der Waals surface area contributed by atoms with E-state index in [2.05, 4.69) is 41.3 Å². The van der Waals surface area contributed by atoms with Crippen LogP contribution >= 0.6 is 7.26 Å². The highest BCUT2D eigenvalue weighted by molar-refractivity contribution is 7.85. The summed E-state index contributed by atoms with van der Waals surface area (Å²) in [7, 11) is -4.91. The molecule has 1 aromatic rings. The van der Waals surface area contributed by atoms with E-state index >= 15 is 0 Å². The molecule has 0 atom stereocenters. The summed E-state index contributed by atoms with van der Waals surface area (Å²) in [4.78, 5) is -0.178. The topological polar surface area (TPSA) is 57.2 Å². The maximum atomic E-state index is 10.4. The van der Waals surface area contributed by atoms with Gasteiger partial charge in [0.05, 0.1) is 23.4 Å². The molecule has 0 fully saturated rings. The van der Waals surface area contributed by atoms with Crippen molar-refractivity contribution in [2.24, 2.45) is 11.8 Å². The minimum Gasteiger partial charge on any atom is -0.744 e. The molecule has 0 aliphatic carbocycles. The maximum absolute atomic E-state index is 10.4. The van der Waals surface area contributed by atoms with Crippen LogP contribution in [0.2, 0.25) is 0 Å². The molecule has 0 bridgehead atoms. The first-order valence-electron chi connectivity index (χ1n) is 11.3. The minimum atomic E-state index is -4.27. The molecule has 0 heterocycles. The van der Waals surface area contributed by atoms with Gasteiger partial charge in [-0.1, -0.05) is 78.0 Å². The Balaban J connectivity index is 0.000000604. The van der Waals surface area contributed by atoms with E-state index in [4.69, 9.17) is 0 Å². The van der Waals surface area contributed by atoms with Crippen LogP contribution in [0, 0.1) is 18.8 Å². The zero-order valence-corrected chi connectivity index (χ0v) is 21.6. The molecule has 29 heavy (non-hydrogen) atoms. The van der Waals surface area contributed by atoms with Gasteiger partial charge in [-0.25, -0.2) is 8.42 Å². The second-order valence-electron chi connectivity index (χ2n) is 9.53. The van der Waals surface area contributed by atoms with E-state index in [1.807, 2.05) is 6.92 Å². The molecule has 5 heteroatoms. The fourth-order valence-corrected chi connectivity index (χ4v) is 9.50. The van der Waals surface area contributed by atoms with E-state index in [0.29, 0.717) is 0 Å². The van der Waals surface area contributed by atoms with Crippen molar-refractivity contribution >= 4 is 17.4 Å². The Morgan fingerprint density at radius 2 is 1.31 bits per heavy atom. The van der Waals surface area contributed by atoms with Crippen molar-refractivity contribution in [2.45, 2.75) is 85.0 Å². The first kappa shape index (κ1) is 28.6. The fourth-order valence-electron chi connectivity index (χ4n) is 4.00. The Morgan fingerprint density at radius 3 is 1.72 bits per heavy atom. The summed E-state index contributed by atoms with van der Waals surface area (Å²) in [6, 6.07) is 5.78. The van der Waals surface area contributed by atoms with Gasteiger partial charge in [-0.15, -0.1) is 0 Å². The van der Waals surface area contributed by atoms with Crippen LogP contribution in [0.4, 0.5) is 0 Å². The minimum absolute atomic E-state index is 0.178. The van der Waals surface area contributed by atoms with Crippen LogP contribution in [0.5, 0.6) is 0 Å². The molecule has 0 amide bonds. The van der Waals surface area contributed by atoms with Gasteiger partial charge >= 0.3 is 0 Å². The summed E-state index contributed by atoms with van der Waals surface area (Å²) >= 11 is 0. The molecule has 170 valence electrons. The van der Waals surface area contributed by atoms with Gasteiger partial charge in [0.1, 0.15) is 10.1 Å². The van der Waals surface area contributed by atoms with Crippen LogP contribution in [-0.4, -0.2) is 38.1 Å². The van der Waals surface area contributed by atoms with Crippen LogP contribution in [0.1, 0.15) is 78.7 Å². The normalized spacial score (nSPS) is 12.2. The lowest BCUT2D eigenvalue weighted by Crippen LogP contribution is -2.14. The molecule has 0 saturated carbocycles. The monoisotopic (exact) mass is 444 g/mol.